The van der Waals surface area contributed by atoms with Gasteiger partial charge in [-0.2, -0.15) is 5.26 Å². The second-order valence-electron chi connectivity index (χ2n) is 11.0. The average molecular weight is 593 g/mol. The summed E-state index contributed by atoms with van der Waals surface area (Å²) in [6, 6.07) is 14.0. The molecule has 1 aliphatic rings. The third-order valence-corrected chi connectivity index (χ3v) is 6.94. The van der Waals surface area contributed by atoms with Gasteiger partial charge in [-0.25, -0.2) is 4.79 Å². The van der Waals surface area contributed by atoms with Crippen molar-refractivity contribution in [3.63, 3.8) is 0 Å². The molecule has 1 aliphatic heterocycles. The lowest BCUT2D eigenvalue weighted by Crippen LogP contribution is -2.37. The van der Waals surface area contributed by atoms with Gasteiger partial charge in [0.25, 0.3) is 5.56 Å². The molecule has 10 heteroatoms. The van der Waals surface area contributed by atoms with E-state index in [0.29, 0.717) is 58.4 Å². The summed E-state index contributed by atoms with van der Waals surface area (Å²) in [6.07, 6.45) is 1.31. The second-order valence-corrected chi connectivity index (χ2v) is 11.4. The molecule has 220 valence electrons. The van der Waals surface area contributed by atoms with Crippen LogP contribution in [-0.2, 0) is 25.4 Å². The predicted octanol–water partition coefficient (Wildman–Crippen LogP) is 5.16. The Hall–Kier alpha value is -3.97. The van der Waals surface area contributed by atoms with Gasteiger partial charge in [-0.15, -0.1) is 0 Å². The predicted molar refractivity (Wildman–Crippen MR) is 157 cm³/mol. The van der Waals surface area contributed by atoms with Gasteiger partial charge in [-0.05, 0) is 56.7 Å². The van der Waals surface area contributed by atoms with Crippen LogP contribution in [0, 0.1) is 11.3 Å². The monoisotopic (exact) mass is 592 g/mol. The maximum atomic E-state index is 13.8. The molecule has 2 heterocycles. The van der Waals surface area contributed by atoms with Gasteiger partial charge >= 0.3 is 5.97 Å². The Balaban J connectivity index is 1.67. The molecule has 0 amide bonds. The Morgan fingerprint density at radius 2 is 1.86 bits per heavy atom. The summed E-state index contributed by atoms with van der Waals surface area (Å²) < 4.78 is 23.7. The second kappa shape index (κ2) is 13.3. The number of methoxy groups -OCH3 is 1. The molecule has 1 aromatic heterocycles. The zero-order valence-corrected chi connectivity index (χ0v) is 24.8. The van der Waals surface area contributed by atoms with Crippen LogP contribution < -0.4 is 10.3 Å². The van der Waals surface area contributed by atoms with Crippen LogP contribution in [0.4, 0.5) is 0 Å². The van der Waals surface area contributed by atoms with Crippen LogP contribution in [0.25, 0.3) is 11.1 Å². The van der Waals surface area contributed by atoms with Gasteiger partial charge in [-0.1, -0.05) is 23.7 Å². The molecule has 42 heavy (non-hydrogen) atoms. The van der Waals surface area contributed by atoms with Crippen molar-refractivity contribution in [1.82, 2.24) is 4.57 Å². The molecule has 9 nitrogen and oxygen atoms in total. The highest BCUT2D eigenvalue weighted by molar-refractivity contribution is 6.31. The van der Waals surface area contributed by atoms with Crippen LogP contribution >= 0.6 is 11.6 Å². The molecule has 3 aromatic rings. The Morgan fingerprint density at radius 1 is 1.12 bits per heavy atom. The first-order valence-electron chi connectivity index (χ1n) is 13.5. The number of hydrogen-bond donors (Lipinski definition) is 0. The van der Waals surface area contributed by atoms with E-state index in [1.54, 1.807) is 63.2 Å². The number of esters is 1. The molecule has 0 saturated carbocycles. The van der Waals surface area contributed by atoms with Crippen molar-refractivity contribution >= 4 is 23.4 Å². The van der Waals surface area contributed by atoms with Crippen LogP contribution in [0.5, 0.6) is 5.75 Å². The van der Waals surface area contributed by atoms with Crippen LogP contribution in [-0.4, -0.2) is 55.0 Å². The molecule has 2 aromatic carbocycles. The number of carbonyl (C=O) groups is 2. The molecule has 1 saturated heterocycles. The summed E-state index contributed by atoms with van der Waals surface area (Å²) in [4.78, 5) is 39.8. The number of ketones is 1. The molecule has 0 N–H and O–H groups in total. The zero-order chi connectivity index (χ0) is 30.4. The van der Waals surface area contributed by atoms with E-state index in [4.69, 9.17) is 30.5 Å². The summed E-state index contributed by atoms with van der Waals surface area (Å²) in [6.45, 7) is 6.52. The van der Waals surface area contributed by atoms with Crippen molar-refractivity contribution in [2.45, 2.75) is 51.4 Å². The van der Waals surface area contributed by atoms with Crippen molar-refractivity contribution in [3.05, 3.63) is 86.8 Å². The van der Waals surface area contributed by atoms with E-state index in [0.717, 1.165) is 0 Å². The van der Waals surface area contributed by atoms with E-state index in [1.807, 2.05) is 0 Å². The molecule has 2 atom stereocenters. The van der Waals surface area contributed by atoms with Gasteiger partial charge in [0.05, 0.1) is 62.5 Å². The minimum absolute atomic E-state index is 0.0101. The van der Waals surface area contributed by atoms with Gasteiger partial charge in [0.1, 0.15) is 11.4 Å². The molecule has 2 unspecified atom stereocenters. The van der Waals surface area contributed by atoms with E-state index in [2.05, 4.69) is 6.07 Å². The smallest absolute Gasteiger partial charge is 0.338 e. The average Bonchev–Trinajstić information content (AvgIpc) is 2.96. The van der Waals surface area contributed by atoms with E-state index < -0.39 is 29.3 Å². The number of halogens is 1. The molecular weight excluding hydrogens is 560 g/mol. The Kier molecular flexibility index (Phi) is 9.84. The minimum Gasteiger partial charge on any atom is -0.495 e. The fourth-order valence-electron chi connectivity index (χ4n) is 4.72. The summed E-state index contributed by atoms with van der Waals surface area (Å²) in [5.41, 5.74) is 1.13. The van der Waals surface area contributed by atoms with Crippen LogP contribution in [0.15, 0.2) is 59.5 Å². The molecule has 0 spiro atoms. The summed E-state index contributed by atoms with van der Waals surface area (Å²) >= 11 is 6.19. The van der Waals surface area contributed by atoms with E-state index >= 15 is 0 Å². The topological polar surface area (TPSA) is 117 Å². The van der Waals surface area contributed by atoms with Crippen molar-refractivity contribution in [1.29, 1.82) is 5.26 Å². The molecule has 4 rings (SSSR count). The minimum atomic E-state index is -0.896. The number of rotatable bonds is 9. The van der Waals surface area contributed by atoms with Gasteiger partial charge in [-0.3, -0.25) is 9.59 Å². The molecule has 0 aliphatic carbocycles. The number of nitriles is 1. The maximum absolute atomic E-state index is 13.8. The van der Waals surface area contributed by atoms with Crippen LogP contribution in [0.1, 0.15) is 54.7 Å². The lowest BCUT2D eigenvalue weighted by Gasteiger charge is -2.28. The summed E-state index contributed by atoms with van der Waals surface area (Å²) in [5.74, 6) is -0.383. The molecule has 0 radical (unpaired) electrons. The summed E-state index contributed by atoms with van der Waals surface area (Å²) in [5, 5.41) is 10.0. The fourth-order valence-corrected chi connectivity index (χ4v) is 4.89. The summed E-state index contributed by atoms with van der Waals surface area (Å²) in [7, 11) is 1.45. The molecule has 0 bridgehead atoms. The lowest BCUT2D eigenvalue weighted by molar-refractivity contribution is -0.126. The number of hydrogen-bond acceptors (Lipinski definition) is 8. The number of ether oxygens (including phenoxy) is 4. The highest BCUT2D eigenvalue weighted by Gasteiger charge is 2.29. The van der Waals surface area contributed by atoms with Crippen LogP contribution in [0.3, 0.4) is 0 Å². The number of Topliss-reactive ketones (excluding diaryl/α,β-unsaturated/α-hetero) is 1. The number of benzene rings is 2. The zero-order valence-electron chi connectivity index (χ0n) is 24.0. The SMILES string of the molecule is COc1cn(C(CC2COCCO2)C(=O)Cc2ccc(C(=O)OC(C)(C)C)cc2)c(=O)cc1-c1cc(Cl)ccc1C#N. The molecule has 1 fully saturated rings. The Bertz CT molecular complexity index is 1540. The third kappa shape index (κ3) is 7.65. The Morgan fingerprint density at radius 3 is 2.48 bits per heavy atom. The largest absolute Gasteiger partial charge is 0.495 e. The van der Waals surface area contributed by atoms with Crippen molar-refractivity contribution < 1.29 is 28.5 Å². The van der Waals surface area contributed by atoms with Gasteiger partial charge in [0.15, 0.2) is 5.78 Å². The highest BCUT2D eigenvalue weighted by Crippen LogP contribution is 2.34. The maximum Gasteiger partial charge on any atom is 0.338 e. The quantitative estimate of drug-likeness (QED) is 0.313. The highest BCUT2D eigenvalue weighted by atomic mass is 35.5. The first kappa shape index (κ1) is 31.0. The number of carbonyl (C=O) groups excluding carboxylic acids is 2. The lowest BCUT2D eigenvalue weighted by atomic mass is 9.96. The number of aromatic nitrogens is 1. The van der Waals surface area contributed by atoms with E-state index in [1.165, 1.54) is 23.9 Å². The number of pyridine rings is 1. The fraction of sp³-hybridized carbons (Fsp3) is 0.375. The first-order chi connectivity index (χ1) is 20.0. The van der Waals surface area contributed by atoms with Gasteiger partial charge in [0.2, 0.25) is 0 Å². The van der Waals surface area contributed by atoms with E-state index in [-0.39, 0.29) is 18.6 Å². The van der Waals surface area contributed by atoms with Crippen LogP contribution in [0.2, 0.25) is 5.02 Å². The Labute approximate surface area is 249 Å². The third-order valence-electron chi connectivity index (χ3n) is 6.70. The molecular formula is C32H33ClN2O7. The van der Waals surface area contributed by atoms with Crippen molar-refractivity contribution in [2.24, 2.45) is 0 Å². The van der Waals surface area contributed by atoms with Crippen molar-refractivity contribution in [3.8, 4) is 22.9 Å². The van der Waals surface area contributed by atoms with Crippen molar-refractivity contribution in [2.75, 3.05) is 26.9 Å². The van der Waals surface area contributed by atoms with E-state index in [9.17, 15) is 19.6 Å². The first-order valence-corrected chi connectivity index (χ1v) is 13.9. The van der Waals surface area contributed by atoms with Gasteiger partial charge in [0, 0.05) is 35.1 Å². The van der Waals surface area contributed by atoms with Gasteiger partial charge < -0.3 is 23.5 Å². The number of nitrogens with zero attached hydrogens (tertiary/aromatic N) is 2. The standard InChI is InChI=1S/C32H33ClN2O7/c1-32(2,3)42-31(38)21-7-5-20(6-8-21)13-28(36)27(15-24-19-40-11-12-41-24)35-18-29(39-4)26(16-30(35)37)25-14-23(33)10-9-22(25)17-34/h5-10,14,16,18,24,27H,11-13,15,19H2,1-4H3. The normalized spacial score (nSPS) is 15.9.